The van der Waals surface area contributed by atoms with Gasteiger partial charge in [-0.3, -0.25) is 9.69 Å². The summed E-state index contributed by atoms with van der Waals surface area (Å²) in [6.07, 6.45) is -8.65. The van der Waals surface area contributed by atoms with Crippen LogP contribution in [0.15, 0.2) is 41.6 Å². The predicted octanol–water partition coefficient (Wildman–Crippen LogP) is 6.18. The van der Waals surface area contributed by atoms with Crippen LogP contribution < -0.4 is 0 Å². The standard InChI is InChI=1S/C32H38Cl2F6N4O4/c1-47-41-29(20-48-19-22-12-24(31(35,36)37)15-25(13-22)32(38,39)40)26(23-2-3-27(33)28(34)14-23)5-6-42-8-10-43(11-9-42)17-30(46)44-7-4-21(16-44)18-45/h2-3,12-15,21,26,45H,4-11,16-20H2,1H3/b41-29+/t21-,26?/m1/s1. The van der Waals surface area contributed by atoms with Gasteiger partial charge in [0.15, 0.2) is 0 Å². The van der Waals surface area contributed by atoms with Gasteiger partial charge in [-0.15, -0.1) is 0 Å². The number of halogens is 8. The number of ether oxygens (including phenoxy) is 1. The van der Waals surface area contributed by atoms with E-state index in [0.717, 1.165) is 12.0 Å². The second-order valence-corrected chi connectivity index (χ2v) is 12.8. The Bertz CT molecular complexity index is 1390. The highest BCUT2D eigenvalue weighted by Gasteiger charge is 2.37. The third-order valence-electron chi connectivity index (χ3n) is 8.58. The van der Waals surface area contributed by atoms with Gasteiger partial charge in [-0.1, -0.05) is 34.4 Å². The molecule has 2 atom stereocenters. The van der Waals surface area contributed by atoms with Gasteiger partial charge in [0.1, 0.15) is 7.11 Å². The minimum atomic E-state index is -4.98. The Labute approximate surface area is 285 Å². The lowest BCUT2D eigenvalue weighted by atomic mass is 9.90. The number of likely N-dealkylation sites (tertiary alicyclic amines) is 1. The zero-order valence-corrected chi connectivity index (χ0v) is 27.8. The highest BCUT2D eigenvalue weighted by Crippen LogP contribution is 2.37. The molecule has 1 N–H and O–H groups in total. The number of hydrogen-bond donors (Lipinski definition) is 1. The van der Waals surface area contributed by atoms with Crippen LogP contribution in [0.1, 0.15) is 41.0 Å². The molecule has 16 heteroatoms. The molecule has 8 nitrogen and oxygen atoms in total. The monoisotopic (exact) mass is 726 g/mol. The molecule has 2 aromatic carbocycles. The molecule has 2 heterocycles. The van der Waals surface area contributed by atoms with Crippen molar-refractivity contribution in [3.8, 4) is 0 Å². The van der Waals surface area contributed by atoms with E-state index in [0.29, 0.717) is 86.7 Å². The number of benzene rings is 2. The lowest BCUT2D eigenvalue weighted by Gasteiger charge is -2.35. The molecular formula is C32H38Cl2F6N4O4. The average molecular weight is 728 g/mol. The number of carbonyl (C=O) groups is 1. The van der Waals surface area contributed by atoms with E-state index >= 15 is 0 Å². The molecule has 0 bridgehead atoms. The van der Waals surface area contributed by atoms with Gasteiger partial charge < -0.3 is 24.5 Å². The Morgan fingerprint density at radius 2 is 1.60 bits per heavy atom. The van der Waals surface area contributed by atoms with Crippen molar-refractivity contribution in [2.45, 2.75) is 37.7 Å². The van der Waals surface area contributed by atoms with Crippen LogP contribution in [-0.4, -0.2) is 104 Å². The summed E-state index contributed by atoms with van der Waals surface area (Å²) in [5, 5.41) is 14.1. The number of piperazine rings is 1. The van der Waals surface area contributed by atoms with E-state index in [9.17, 15) is 36.2 Å². The summed E-state index contributed by atoms with van der Waals surface area (Å²) in [7, 11) is 1.32. The minimum Gasteiger partial charge on any atom is -0.399 e. The van der Waals surface area contributed by atoms with E-state index in [1.165, 1.54) is 7.11 Å². The third-order valence-corrected chi connectivity index (χ3v) is 9.32. The van der Waals surface area contributed by atoms with Crippen molar-refractivity contribution >= 4 is 34.8 Å². The van der Waals surface area contributed by atoms with Gasteiger partial charge >= 0.3 is 12.4 Å². The van der Waals surface area contributed by atoms with Crippen LogP contribution in [0.5, 0.6) is 0 Å². The number of aliphatic hydroxyl groups is 1. The lowest BCUT2D eigenvalue weighted by molar-refractivity contribution is -0.143. The van der Waals surface area contributed by atoms with Crippen LogP contribution in [0.3, 0.4) is 0 Å². The number of alkyl halides is 6. The third kappa shape index (κ3) is 10.7. The number of nitrogens with zero attached hydrogens (tertiary/aromatic N) is 4. The fourth-order valence-electron chi connectivity index (χ4n) is 5.92. The molecule has 2 fully saturated rings. The van der Waals surface area contributed by atoms with Gasteiger partial charge in [-0.05, 0) is 60.8 Å². The zero-order valence-electron chi connectivity index (χ0n) is 26.3. The summed E-state index contributed by atoms with van der Waals surface area (Å²) < 4.78 is 85.8. The van der Waals surface area contributed by atoms with E-state index in [1.54, 1.807) is 23.1 Å². The summed E-state index contributed by atoms with van der Waals surface area (Å²) in [6.45, 7) is 4.20. The van der Waals surface area contributed by atoms with Gasteiger partial charge in [-0.2, -0.15) is 26.3 Å². The summed E-state index contributed by atoms with van der Waals surface area (Å²) in [5.41, 5.74) is -2.07. The van der Waals surface area contributed by atoms with Gasteiger partial charge in [0.2, 0.25) is 5.91 Å². The number of rotatable bonds is 13. The Kier molecular flexibility index (Phi) is 13.4. The van der Waals surface area contributed by atoms with Crippen molar-refractivity contribution < 1.29 is 45.8 Å². The number of hydrogen-bond acceptors (Lipinski definition) is 7. The molecule has 266 valence electrons. The van der Waals surface area contributed by atoms with Crippen LogP contribution in [0.4, 0.5) is 26.3 Å². The van der Waals surface area contributed by atoms with Gasteiger partial charge in [-0.25, -0.2) is 0 Å². The van der Waals surface area contributed by atoms with E-state index in [-0.39, 0.29) is 36.7 Å². The molecule has 2 aliphatic heterocycles. The van der Waals surface area contributed by atoms with Crippen LogP contribution in [0.25, 0.3) is 0 Å². The maximum Gasteiger partial charge on any atom is 0.416 e. The first kappa shape index (κ1) is 38.2. The van der Waals surface area contributed by atoms with Gasteiger partial charge in [0, 0.05) is 57.7 Å². The molecular weight excluding hydrogens is 689 g/mol. The molecule has 2 aromatic rings. The van der Waals surface area contributed by atoms with E-state index in [4.69, 9.17) is 32.8 Å². The van der Waals surface area contributed by atoms with Gasteiger partial charge in [0.25, 0.3) is 0 Å². The van der Waals surface area contributed by atoms with E-state index in [2.05, 4.69) is 15.0 Å². The fraction of sp³-hybridized carbons (Fsp3) is 0.562. The van der Waals surface area contributed by atoms with Crippen molar-refractivity contribution in [3.05, 3.63) is 68.7 Å². The van der Waals surface area contributed by atoms with Crippen molar-refractivity contribution in [2.75, 3.05) is 72.7 Å². The van der Waals surface area contributed by atoms with Crippen molar-refractivity contribution in [1.29, 1.82) is 0 Å². The Hall–Kier alpha value is -2.62. The zero-order chi connectivity index (χ0) is 35.1. The molecule has 48 heavy (non-hydrogen) atoms. The summed E-state index contributed by atoms with van der Waals surface area (Å²) >= 11 is 12.5. The Balaban J connectivity index is 1.41. The Morgan fingerprint density at radius 1 is 0.958 bits per heavy atom. The smallest absolute Gasteiger partial charge is 0.399 e. The molecule has 2 saturated heterocycles. The minimum absolute atomic E-state index is 0.0549. The van der Waals surface area contributed by atoms with Crippen LogP contribution in [-0.2, 0) is 33.3 Å². The van der Waals surface area contributed by atoms with Crippen molar-refractivity contribution in [2.24, 2.45) is 11.1 Å². The first-order chi connectivity index (χ1) is 22.7. The largest absolute Gasteiger partial charge is 0.416 e. The first-order valence-electron chi connectivity index (χ1n) is 15.4. The van der Waals surface area contributed by atoms with Crippen LogP contribution in [0.2, 0.25) is 10.0 Å². The second kappa shape index (κ2) is 16.9. The SMILES string of the molecule is CO/N=C(\COCc1cc(C(F)(F)F)cc(C(F)(F)F)c1)C(CCN1CCN(CC(=O)N2CC[C@@H](CO)C2)CC1)c1ccc(Cl)c(Cl)c1. The first-order valence-corrected chi connectivity index (χ1v) is 16.2. The number of carbonyl (C=O) groups excluding carboxylic acids is 1. The van der Waals surface area contributed by atoms with Crippen LogP contribution >= 0.6 is 23.2 Å². The molecule has 1 unspecified atom stereocenters. The molecule has 1 amide bonds. The molecule has 0 aliphatic carbocycles. The number of aliphatic hydroxyl groups excluding tert-OH is 1. The number of oxime groups is 1. The normalized spacial score (nSPS) is 19.2. The molecule has 0 spiro atoms. The van der Waals surface area contributed by atoms with Crippen molar-refractivity contribution in [3.63, 3.8) is 0 Å². The van der Waals surface area contributed by atoms with E-state index < -0.39 is 36.0 Å². The number of amides is 1. The average Bonchev–Trinajstić information content (AvgIpc) is 3.52. The fourth-order valence-corrected chi connectivity index (χ4v) is 6.23. The predicted molar refractivity (Wildman–Crippen MR) is 169 cm³/mol. The van der Waals surface area contributed by atoms with Gasteiger partial charge in [0.05, 0.1) is 46.6 Å². The molecule has 2 aliphatic rings. The summed E-state index contributed by atoms with van der Waals surface area (Å²) in [4.78, 5) is 24.0. The highest BCUT2D eigenvalue weighted by molar-refractivity contribution is 6.42. The maximum absolute atomic E-state index is 13.4. The second-order valence-electron chi connectivity index (χ2n) is 12.0. The van der Waals surface area contributed by atoms with Crippen molar-refractivity contribution in [1.82, 2.24) is 14.7 Å². The molecule has 0 saturated carbocycles. The quantitative estimate of drug-likeness (QED) is 0.151. The molecule has 0 aromatic heterocycles. The van der Waals surface area contributed by atoms with E-state index in [1.807, 2.05) is 0 Å². The lowest BCUT2D eigenvalue weighted by Crippen LogP contribution is -2.50. The summed E-state index contributed by atoms with van der Waals surface area (Å²) in [5.74, 6) is -0.255. The highest BCUT2D eigenvalue weighted by atomic mass is 35.5. The Morgan fingerprint density at radius 3 is 2.17 bits per heavy atom. The maximum atomic E-state index is 13.4. The molecule has 4 rings (SSSR count). The topological polar surface area (TPSA) is 77.8 Å². The van der Waals surface area contributed by atoms with Crippen LogP contribution in [0, 0.1) is 5.92 Å². The summed E-state index contributed by atoms with van der Waals surface area (Å²) in [6, 6.07) is 6.38. The molecule has 0 radical (unpaired) electrons.